The molecule has 0 spiro atoms. The van der Waals surface area contributed by atoms with Gasteiger partial charge < -0.3 is 9.47 Å². The van der Waals surface area contributed by atoms with Gasteiger partial charge in [-0.3, -0.25) is 20.4 Å². The van der Waals surface area contributed by atoms with Crippen molar-refractivity contribution in [2.75, 3.05) is 13.2 Å². The van der Waals surface area contributed by atoms with E-state index in [2.05, 4.69) is 42.7 Å². The van der Waals surface area contributed by atoms with Crippen LogP contribution in [0.15, 0.2) is 63.5 Å². The summed E-state index contributed by atoms with van der Waals surface area (Å²) in [6.45, 7) is 1.47. The Bertz CT molecular complexity index is 1060. The number of carbonyl (C=O) groups is 2. The smallest absolute Gasteiger partial charge is 0.276 e. The highest BCUT2D eigenvalue weighted by atomic mass is 79.9. The van der Waals surface area contributed by atoms with Gasteiger partial charge in [0.05, 0.1) is 8.95 Å². The molecule has 3 rings (SSSR count). The Morgan fingerprint density at radius 3 is 2.17 bits per heavy atom. The molecule has 6 nitrogen and oxygen atoms in total. The third-order valence-electron chi connectivity index (χ3n) is 3.97. The monoisotopic (exact) mass is 520 g/mol. The fraction of sp³-hybridized carbons (Fsp3) is 0.143. The fourth-order valence-electron chi connectivity index (χ4n) is 2.55. The molecule has 8 heteroatoms. The molecule has 0 aliphatic rings. The summed E-state index contributed by atoms with van der Waals surface area (Å²) in [5.74, 6) is 0.104. The lowest BCUT2D eigenvalue weighted by Gasteiger charge is -2.12. The average Bonchev–Trinajstić information content (AvgIpc) is 2.71. The second-order valence-corrected chi connectivity index (χ2v) is 7.85. The number of nitrogens with one attached hydrogen (secondary N) is 2. The van der Waals surface area contributed by atoms with Gasteiger partial charge in [0.1, 0.15) is 11.5 Å². The normalized spacial score (nSPS) is 10.4. The average molecular weight is 522 g/mol. The number of hydrogen-bond donors (Lipinski definition) is 2. The third-order valence-corrected chi connectivity index (χ3v) is 5.41. The molecule has 0 saturated carbocycles. The van der Waals surface area contributed by atoms with Gasteiger partial charge in [0, 0.05) is 0 Å². The van der Waals surface area contributed by atoms with Crippen LogP contribution in [0.1, 0.15) is 5.56 Å². The molecule has 0 aliphatic carbocycles. The molecule has 150 valence electrons. The first kappa shape index (κ1) is 21.1. The van der Waals surface area contributed by atoms with Crippen molar-refractivity contribution in [3.8, 4) is 11.5 Å². The fourth-order valence-corrected chi connectivity index (χ4v) is 3.76. The highest BCUT2D eigenvalue weighted by Gasteiger charge is 2.10. The van der Waals surface area contributed by atoms with Gasteiger partial charge in [0.15, 0.2) is 13.2 Å². The number of ether oxygens (including phenoxy) is 2. The lowest BCUT2D eigenvalue weighted by atomic mass is 10.1. The number of benzene rings is 3. The minimum absolute atomic E-state index is 0.237. The van der Waals surface area contributed by atoms with Gasteiger partial charge in [-0.05, 0) is 73.3 Å². The van der Waals surface area contributed by atoms with Gasteiger partial charge in [0.2, 0.25) is 0 Å². The van der Waals surface area contributed by atoms with Crippen molar-refractivity contribution in [2.24, 2.45) is 0 Å². The summed E-state index contributed by atoms with van der Waals surface area (Å²) in [5.41, 5.74) is 5.66. The van der Waals surface area contributed by atoms with Gasteiger partial charge in [-0.15, -0.1) is 0 Å². The molecule has 0 bridgehead atoms. The summed E-state index contributed by atoms with van der Waals surface area (Å²) in [6.07, 6.45) is 0. The zero-order valence-corrected chi connectivity index (χ0v) is 18.7. The number of aryl methyl sites for hydroxylation is 1. The zero-order valence-electron chi connectivity index (χ0n) is 15.5. The Morgan fingerprint density at radius 2 is 1.48 bits per heavy atom. The Morgan fingerprint density at radius 1 is 0.862 bits per heavy atom. The Kier molecular flexibility index (Phi) is 7.11. The number of carbonyl (C=O) groups excluding carboxylic acids is 2. The van der Waals surface area contributed by atoms with Crippen LogP contribution in [0, 0.1) is 6.92 Å². The molecule has 0 aliphatic heterocycles. The predicted octanol–water partition coefficient (Wildman–Crippen LogP) is 4.28. The summed E-state index contributed by atoms with van der Waals surface area (Å²) in [5, 5.41) is 2.04. The van der Waals surface area contributed by atoms with Crippen LogP contribution in [0.4, 0.5) is 0 Å². The largest absolute Gasteiger partial charge is 0.483 e. The van der Waals surface area contributed by atoms with Crippen molar-refractivity contribution < 1.29 is 19.1 Å². The van der Waals surface area contributed by atoms with Crippen LogP contribution in [-0.4, -0.2) is 25.0 Å². The van der Waals surface area contributed by atoms with E-state index < -0.39 is 11.8 Å². The molecule has 0 unspecified atom stereocenters. The van der Waals surface area contributed by atoms with Gasteiger partial charge >= 0.3 is 0 Å². The van der Waals surface area contributed by atoms with Crippen molar-refractivity contribution in [1.82, 2.24) is 10.9 Å². The lowest BCUT2D eigenvalue weighted by molar-refractivity contribution is -0.131. The third kappa shape index (κ3) is 5.71. The molecule has 2 N–H and O–H groups in total. The van der Waals surface area contributed by atoms with E-state index in [1.165, 1.54) is 0 Å². The maximum atomic E-state index is 11.9. The summed E-state index contributed by atoms with van der Waals surface area (Å²) in [7, 11) is 0. The Balaban J connectivity index is 1.45. The minimum atomic E-state index is -0.491. The van der Waals surface area contributed by atoms with E-state index in [1.54, 1.807) is 12.1 Å². The van der Waals surface area contributed by atoms with Crippen LogP contribution in [0.25, 0.3) is 10.8 Å². The molecule has 0 fully saturated rings. The topological polar surface area (TPSA) is 76.7 Å². The van der Waals surface area contributed by atoms with Crippen molar-refractivity contribution in [1.29, 1.82) is 0 Å². The highest BCUT2D eigenvalue weighted by molar-refractivity contribution is 9.11. The van der Waals surface area contributed by atoms with Gasteiger partial charge in [-0.25, -0.2) is 0 Å². The molecule has 0 aromatic heterocycles. The Hall–Kier alpha value is -2.58. The van der Waals surface area contributed by atoms with E-state index in [0.717, 1.165) is 25.3 Å². The minimum Gasteiger partial charge on any atom is -0.483 e. The summed E-state index contributed by atoms with van der Waals surface area (Å²) < 4.78 is 12.5. The van der Waals surface area contributed by atoms with Crippen LogP contribution >= 0.6 is 31.9 Å². The Labute approximate surface area is 184 Å². The number of rotatable bonds is 6. The van der Waals surface area contributed by atoms with Crippen molar-refractivity contribution in [3.05, 3.63) is 69.1 Å². The van der Waals surface area contributed by atoms with Gasteiger partial charge in [-0.1, -0.05) is 36.4 Å². The molecule has 2 amide bonds. The molecular weight excluding hydrogens is 504 g/mol. The van der Waals surface area contributed by atoms with E-state index >= 15 is 0 Å². The molecule has 0 radical (unpaired) electrons. The second kappa shape index (κ2) is 9.76. The number of amides is 2. The molecule has 0 saturated heterocycles. The van der Waals surface area contributed by atoms with Crippen molar-refractivity contribution in [2.45, 2.75) is 6.92 Å². The van der Waals surface area contributed by atoms with Crippen LogP contribution < -0.4 is 20.3 Å². The number of hydrazine groups is 1. The van der Waals surface area contributed by atoms with Crippen LogP contribution in [0.5, 0.6) is 11.5 Å². The molecule has 29 heavy (non-hydrogen) atoms. The predicted molar refractivity (Wildman–Crippen MR) is 118 cm³/mol. The molecular formula is C21H18Br2N2O4. The van der Waals surface area contributed by atoms with Crippen LogP contribution in [0.2, 0.25) is 0 Å². The lowest BCUT2D eigenvalue weighted by Crippen LogP contribution is -2.45. The quantitative estimate of drug-likeness (QED) is 0.475. The van der Waals surface area contributed by atoms with Gasteiger partial charge in [-0.2, -0.15) is 0 Å². The summed E-state index contributed by atoms with van der Waals surface area (Å²) in [6, 6.07) is 17.0. The first-order valence-corrected chi connectivity index (χ1v) is 10.3. The standard InChI is InChI=1S/C21H18Br2N2O4/c1-13-6-8-17(16(22)10-13)28-11-19(26)24-25-20(27)12-29-18-9-7-14-4-2-3-5-15(14)21(18)23/h2-10H,11-12H2,1H3,(H,24,26)(H,25,27). The van der Waals surface area contributed by atoms with E-state index in [4.69, 9.17) is 9.47 Å². The molecule has 0 heterocycles. The summed E-state index contributed by atoms with van der Waals surface area (Å²) in [4.78, 5) is 23.8. The first-order chi connectivity index (χ1) is 13.9. The van der Waals surface area contributed by atoms with E-state index in [1.807, 2.05) is 49.4 Å². The summed E-state index contributed by atoms with van der Waals surface area (Å²) >= 11 is 6.88. The van der Waals surface area contributed by atoms with Crippen molar-refractivity contribution in [3.63, 3.8) is 0 Å². The first-order valence-electron chi connectivity index (χ1n) is 8.70. The van der Waals surface area contributed by atoms with E-state index in [9.17, 15) is 9.59 Å². The molecule has 0 atom stereocenters. The van der Waals surface area contributed by atoms with Crippen LogP contribution in [0.3, 0.4) is 0 Å². The maximum Gasteiger partial charge on any atom is 0.276 e. The van der Waals surface area contributed by atoms with E-state index in [-0.39, 0.29) is 13.2 Å². The molecule has 3 aromatic carbocycles. The SMILES string of the molecule is Cc1ccc(OCC(=O)NNC(=O)COc2ccc3ccccc3c2Br)c(Br)c1. The molecule has 3 aromatic rings. The number of halogens is 2. The highest BCUT2D eigenvalue weighted by Crippen LogP contribution is 2.33. The number of fused-ring (bicyclic) bond motifs is 1. The number of hydrogen-bond acceptors (Lipinski definition) is 4. The second-order valence-electron chi connectivity index (χ2n) is 6.21. The van der Waals surface area contributed by atoms with Crippen LogP contribution in [-0.2, 0) is 9.59 Å². The maximum absolute atomic E-state index is 11.9. The zero-order chi connectivity index (χ0) is 20.8. The van der Waals surface area contributed by atoms with Gasteiger partial charge in [0.25, 0.3) is 11.8 Å². The van der Waals surface area contributed by atoms with Crippen molar-refractivity contribution >= 4 is 54.4 Å². The van der Waals surface area contributed by atoms with E-state index in [0.29, 0.717) is 11.5 Å².